The molecule has 9 heteroatoms. The van der Waals surface area contributed by atoms with Crippen molar-refractivity contribution >= 4 is 46.1 Å². The summed E-state index contributed by atoms with van der Waals surface area (Å²) in [4.78, 5) is 43.1. The maximum atomic E-state index is 14.5. The van der Waals surface area contributed by atoms with Gasteiger partial charge < -0.3 is 25.4 Å². The SMILES string of the molecule is CCC(C)(C)N(C(=O)C(CCSC)NC(=O)OC(C)(C)C)C(C(=O)Nc1ccc2ccccc2c1)c1ccc(O)cc1. The number of benzene rings is 3. The van der Waals surface area contributed by atoms with Gasteiger partial charge in [0.15, 0.2) is 0 Å². The number of hydrogen-bond acceptors (Lipinski definition) is 6. The van der Waals surface area contributed by atoms with E-state index < -0.39 is 41.1 Å². The van der Waals surface area contributed by atoms with Crippen molar-refractivity contribution in [2.75, 3.05) is 17.3 Å². The number of nitrogens with zero attached hydrogens (tertiary/aromatic N) is 1. The summed E-state index contributed by atoms with van der Waals surface area (Å²) < 4.78 is 5.48. The van der Waals surface area contributed by atoms with Gasteiger partial charge in [0.25, 0.3) is 5.91 Å². The van der Waals surface area contributed by atoms with Crippen molar-refractivity contribution in [3.8, 4) is 5.75 Å². The van der Waals surface area contributed by atoms with Crippen molar-refractivity contribution in [1.82, 2.24) is 10.2 Å². The number of nitrogens with one attached hydrogen (secondary N) is 2. The van der Waals surface area contributed by atoms with Crippen LogP contribution in [0, 0.1) is 0 Å². The average Bonchev–Trinajstić information content (AvgIpc) is 2.93. The van der Waals surface area contributed by atoms with E-state index in [1.165, 1.54) is 12.1 Å². The zero-order chi connectivity index (χ0) is 31.1. The van der Waals surface area contributed by atoms with Crippen LogP contribution in [0.2, 0.25) is 0 Å². The Morgan fingerprint density at radius 3 is 2.19 bits per heavy atom. The Labute approximate surface area is 253 Å². The first-order valence-corrected chi connectivity index (χ1v) is 15.6. The van der Waals surface area contributed by atoms with Gasteiger partial charge in [-0.2, -0.15) is 11.8 Å². The molecule has 0 aromatic heterocycles. The van der Waals surface area contributed by atoms with E-state index in [1.807, 2.05) is 69.5 Å². The highest BCUT2D eigenvalue weighted by Crippen LogP contribution is 2.34. The Kier molecular flexibility index (Phi) is 10.9. The number of ether oxygens (including phenoxy) is 1. The molecule has 3 aromatic rings. The van der Waals surface area contributed by atoms with Crippen LogP contribution in [0.3, 0.4) is 0 Å². The number of phenolic OH excluding ortho intramolecular Hbond substituents is 1. The lowest BCUT2D eigenvalue weighted by Gasteiger charge is -2.44. The van der Waals surface area contributed by atoms with Gasteiger partial charge >= 0.3 is 6.09 Å². The molecule has 42 heavy (non-hydrogen) atoms. The quantitative estimate of drug-likeness (QED) is 0.224. The number of carbonyl (C=O) groups excluding carboxylic acids is 3. The van der Waals surface area contributed by atoms with Crippen molar-refractivity contribution in [2.45, 2.75) is 77.6 Å². The number of carbonyl (C=O) groups is 3. The molecule has 2 atom stereocenters. The monoisotopic (exact) mass is 593 g/mol. The second kappa shape index (κ2) is 14.0. The lowest BCUT2D eigenvalue weighted by Crippen LogP contribution is -2.59. The molecule has 0 aliphatic rings. The standard InChI is InChI=1S/C33H43N3O5S/c1-8-33(5,6)36(30(39)27(19-20-42-7)35-31(40)41-32(2,3)4)28(23-14-17-26(37)18-15-23)29(38)34-25-16-13-22-11-9-10-12-24(22)21-25/h9-18,21,27-28,37H,8,19-20H2,1-7H3,(H,34,38)(H,35,40). The van der Waals surface area contributed by atoms with Crippen molar-refractivity contribution in [2.24, 2.45) is 0 Å². The van der Waals surface area contributed by atoms with E-state index in [0.717, 1.165) is 10.8 Å². The van der Waals surface area contributed by atoms with E-state index in [-0.39, 0.29) is 5.75 Å². The van der Waals surface area contributed by atoms with Gasteiger partial charge in [-0.3, -0.25) is 9.59 Å². The highest BCUT2D eigenvalue weighted by Gasteiger charge is 2.43. The van der Waals surface area contributed by atoms with Crippen molar-refractivity contribution < 1.29 is 24.2 Å². The van der Waals surface area contributed by atoms with Crippen LogP contribution in [-0.4, -0.2) is 57.1 Å². The highest BCUT2D eigenvalue weighted by atomic mass is 32.2. The second-order valence-corrected chi connectivity index (χ2v) is 12.9. The summed E-state index contributed by atoms with van der Waals surface area (Å²) >= 11 is 1.56. The number of anilines is 1. The van der Waals surface area contributed by atoms with Crippen LogP contribution in [0.5, 0.6) is 5.75 Å². The van der Waals surface area contributed by atoms with E-state index in [9.17, 15) is 19.5 Å². The first kappa shape index (κ1) is 32.8. The maximum absolute atomic E-state index is 14.5. The van der Waals surface area contributed by atoms with Gasteiger partial charge in [-0.05, 0) is 100 Å². The maximum Gasteiger partial charge on any atom is 0.408 e. The summed E-state index contributed by atoms with van der Waals surface area (Å²) in [5.74, 6) is -0.149. The van der Waals surface area contributed by atoms with E-state index >= 15 is 0 Å². The number of hydrogen-bond donors (Lipinski definition) is 3. The summed E-state index contributed by atoms with van der Waals surface area (Å²) in [7, 11) is 0. The number of phenols is 1. The molecular formula is C33H43N3O5S. The minimum absolute atomic E-state index is 0.0458. The third kappa shape index (κ3) is 8.64. The molecule has 0 bridgehead atoms. The lowest BCUT2D eigenvalue weighted by atomic mass is 9.91. The molecule has 0 aliphatic heterocycles. The number of rotatable bonds is 11. The smallest absolute Gasteiger partial charge is 0.408 e. The molecule has 226 valence electrons. The van der Waals surface area contributed by atoms with Crippen molar-refractivity contribution in [3.05, 3.63) is 72.3 Å². The predicted octanol–water partition coefficient (Wildman–Crippen LogP) is 6.89. The molecule has 3 rings (SSSR count). The largest absolute Gasteiger partial charge is 0.508 e. The Bertz CT molecular complexity index is 1380. The lowest BCUT2D eigenvalue weighted by molar-refractivity contribution is -0.147. The van der Waals surface area contributed by atoms with Gasteiger partial charge in [-0.1, -0.05) is 49.4 Å². The fourth-order valence-corrected chi connectivity index (χ4v) is 5.08. The van der Waals surface area contributed by atoms with Gasteiger partial charge in [0.2, 0.25) is 5.91 Å². The number of fused-ring (bicyclic) bond motifs is 1. The molecule has 3 aromatic carbocycles. The summed E-state index contributed by atoms with van der Waals surface area (Å²) in [6.45, 7) is 11.0. The Hall–Kier alpha value is -3.72. The predicted molar refractivity (Wildman–Crippen MR) is 171 cm³/mol. The molecule has 0 aliphatic carbocycles. The van der Waals surface area contributed by atoms with E-state index in [2.05, 4.69) is 10.6 Å². The average molecular weight is 594 g/mol. The molecule has 0 heterocycles. The highest BCUT2D eigenvalue weighted by molar-refractivity contribution is 7.98. The van der Waals surface area contributed by atoms with Gasteiger partial charge in [-0.15, -0.1) is 0 Å². The Morgan fingerprint density at radius 1 is 0.952 bits per heavy atom. The Morgan fingerprint density at radius 2 is 1.60 bits per heavy atom. The molecule has 3 N–H and O–H groups in total. The molecule has 8 nitrogen and oxygen atoms in total. The van der Waals surface area contributed by atoms with Crippen LogP contribution < -0.4 is 10.6 Å². The summed E-state index contributed by atoms with van der Waals surface area (Å²) in [5.41, 5.74) is -0.404. The normalized spacial score (nSPS) is 13.2. The zero-order valence-corrected chi connectivity index (χ0v) is 26.4. The number of aromatic hydroxyl groups is 1. The summed E-state index contributed by atoms with van der Waals surface area (Å²) in [5, 5.41) is 17.8. The van der Waals surface area contributed by atoms with Crippen molar-refractivity contribution in [3.63, 3.8) is 0 Å². The molecular weight excluding hydrogens is 550 g/mol. The fraction of sp³-hybridized carbons (Fsp3) is 0.424. The van der Waals surface area contributed by atoms with Crippen LogP contribution in [0.1, 0.15) is 66.0 Å². The summed E-state index contributed by atoms with van der Waals surface area (Å²) in [6.07, 6.45) is 2.12. The molecule has 0 saturated carbocycles. The molecule has 2 unspecified atom stereocenters. The zero-order valence-electron chi connectivity index (χ0n) is 25.6. The minimum atomic E-state index is -1.06. The molecule has 0 radical (unpaired) electrons. The molecule has 0 saturated heterocycles. The van der Waals surface area contributed by atoms with Gasteiger partial charge in [0, 0.05) is 11.2 Å². The van der Waals surface area contributed by atoms with Crippen LogP contribution in [0.25, 0.3) is 10.8 Å². The topological polar surface area (TPSA) is 108 Å². The number of thioether (sulfide) groups is 1. The fourth-order valence-electron chi connectivity index (χ4n) is 4.61. The molecule has 0 fully saturated rings. The summed E-state index contributed by atoms with van der Waals surface area (Å²) in [6, 6.07) is 17.8. The van der Waals surface area contributed by atoms with Crippen LogP contribution in [0.4, 0.5) is 10.5 Å². The van der Waals surface area contributed by atoms with Crippen LogP contribution in [-0.2, 0) is 14.3 Å². The number of alkyl carbamates (subject to hydrolysis) is 1. The third-order valence-corrected chi connectivity index (χ3v) is 7.73. The van der Waals surface area contributed by atoms with E-state index in [0.29, 0.717) is 29.8 Å². The van der Waals surface area contributed by atoms with Gasteiger partial charge in [-0.25, -0.2) is 4.79 Å². The first-order chi connectivity index (χ1) is 19.8. The van der Waals surface area contributed by atoms with Crippen molar-refractivity contribution in [1.29, 1.82) is 0 Å². The molecule has 0 spiro atoms. The first-order valence-electron chi connectivity index (χ1n) is 14.2. The van der Waals surface area contributed by atoms with E-state index in [1.54, 1.807) is 49.6 Å². The minimum Gasteiger partial charge on any atom is -0.508 e. The van der Waals surface area contributed by atoms with Crippen LogP contribution in [0.15, 0.2) is 66.7 Å². The van der Waals surface area contributed by atoms with E-state index in [4.69, 9.17) is 4.74 Å². The second-order valence-electron chi connectivity index (χ2n) is 11.9. The van der Waals surface area contributed by atoms with Crippen LogP contribution >= 0.6 is 11.8 Å². The third-order valence-electron chi connectivity index (χ3n) is 7.09. The van der Waals surface area contributed by atoms with Gasteiger partial charge in [0.05, 0.1) is 0 Å². The number of amides is 3. The Balaban J connectivity index is 2.08. The van der Waals surface area contributed by atoms with Gasteiger partial charge in [0.1, 0.15) is 23.4 Å². The molecule has 3 amide bonds.